The van der Waals surface area contributed by atoms with Crippen molar-refractivity contribution in [3.05, 3.63) is 54.1 Å². The van der Waals surface area contributed by atoms with Gasteiger partial charge in [0.1, 0.15) is 17.4 Å². The van der Waals surface area contributed by atoms with E-state index in [0.717, 1.165) is 18.6 Å². The van der Waals surface area contributed by atoms with Gasteiger partial charge in [-0.15, -0.1) is 0 Å². The van der Waals surface area contributed by atoms with E-state index in [1.807, 2.05) is 6.92 Å². The summed E-state index contributed by atoms with van der Waals surface area (Å²) >= 11 is 0. The summed E-state index contributed by atoms with van der Waals surface area (Å²) in [4.78, 5) is 26.4. The monoisotopic (exact) mass is 389 g/mol. The molecule has 3 rings (SSSR count). The van der Waals surface area contributed by atoms with Crippen molar-refractivity contribution in [2.24, 2.45) is 0 Å². The highest BCUT2D eigenvalue weighted by Gasteiger charge is 2.31. The summed E-state index contributed by atoms with van der Waals surface area (Å²) in [6, 6.07) is 10.0. The second-order valence-corrected chi connectivity index (χ2v) is 6.42. The Morgan fingerprint density at radius 3 is 2.75 bits per heavy atom. The van der Waals surface area contributed by atoms with Gasteiger partial charge < -0.3 is 20.3 Å². The van der Waals surface area contributed by atoms with Crippen molar-refractivity contribution >= 4 is 23.2 Å². The van der Waals surface area contributed by atoms with Crippen LogP contribution in [0.3, 0.4) is 0 Å². The van der Waals surface area contributed by atoms with Gasteiger partial charge in [-0.05, 0) is 30.7 Å². The predicted octanol–water partition coefficient (Wildman–Crippen LogP) is 2.70. The van der Waals surface area contributed by atoms with Crippen LogP contribution in [0.1, 0.15) is 13.3 Å². The lowest BCUT2D eigenvalue weighted by molar-refractivity contribution is -0.128. The first-order valence-electron chi connectivity index (χ1n) is 9.01. The Kier molecular flexibility index (Phi) is 6.08. The maximum Gasteiger partial charge on any atom is 0.262 e. The van der Waals surface area contributed by atoms with Crippen LogP contribution in [0.15, 0.2) is 42.5 Å². The lowest BCUT2D eigenvalue weighted by Gasteiger charge is -2.35. The van der Waals surface area contributed by atoms with Crippen molar-refractivity contribution in [2.45, 2.75) is 19.4 Å². The third-order valence-corrected chi connectivity index (χ3v) is 4.24. The molecule has 0 unspecified atom stereocenters. The number of carbonyl (C=O) groups is 2. The molecule has 0 fully saturated rings. The van der Waals surface area contributed by atoms with Crippen molar-refractivity contribution < 1.29 is 23.1 Å². The Balaban J connectivity index is 1.73. The van der Waals surface area contributed by atoms with Crippen LogP contribution in [0.25, 0.3) is 0 Å². The van der Waals surface area contributed by atoms with Gasteiger partial charge in [-0.3, -0.25) is 9.59 Å². The van der Waals surface area contributed by atoms with Crippen LogP contribution >= 0.6 is 0 Å². The minimum Gasteiger partial charge on any atom is -0.477 e. The standard InChI is InChI=1S/C20H21F2N3O3/c1-2-9-23-20(27)18-11-25(16-5-3-4-6-17(16)28-18)12-19(26)24-15-8-7-13(21)10-14(15)22/h3-8,10,18H,2,9,11-12H2,1H3,(H,23,27)(H,24,26)/t18-/m1/s1. The molecular weight excluding hydrogens is 368 g/mol. The van der Waals surface area contributed by atoms with Crippen molar-refractivity contribution in [3.63, 3.8) is 0 Å². The summed E-state index contributed by atoms with van der Waals surface area (Å²) in [5.74, 6) is -1.83. The van der Waals surface area contributed by atoms with Gasteiger partial charge in [0, 0.05) is 12.6 Å². The van der Waals surface area contributed by atoms with Crippen LogP contribution in [0.2, 0.25) is 0 Å². The number of para-hydroxylation sites is 2. The van der Waals surface area contributed by atoms with E-state index in [-0.39, 0.29) is 24.7 Å². The second-order valence-electron chi connectivity index (χ2n) is 6.42. The maximum atomic E-state index is 13.8. The number of nitrogens with one attached hydrogen (secondary N) is 2. The molecule has 6 nitrogen and oxygen atoms in total. The van der Waals surface area contributed by atoms with Crippen molar-refractivity contribution in [3.8, 4) is 5.75 Å². The number of amides is 2. The molecule has 0 bridgehead atoms. The normalized spacial score (nSPS) is 15.4. The highest BCUT2D eigenvalue weighted by atomic mass is 19.1. The summed E-state index contributed by atoms with van der Waals surface area (Å²) in [6.07, 6.45) is 0.0292. The van der Waals surface area contributed by atoms with Crippen LogP contribution in [0.5, 0.6) is 5.75 Å². The summed E-state index contributed by atoms with van der Waals surface area (Å²) in [6.45, 7) is 2.54. The molecule has 1 aliphatic rings. The Morgan fingerprint density at radius 2 is 2.00 bits per heavy atom. The highest BCUT2D eigenvalue weighted by molar-refractivity contribution is 5.95. The van der Waals surface area contributed by atoms with Gasteiger partial charge in [0.15, 0.2) is 6.10 Å². The SMILES string of the molecule is CCCNC(=O)[C@H]1CN(CC(=O)Nc2ccc(F)cc2F)c2ccccc2O1. The van der Waals surface area contributed by atoms with Crippen molar-refractivity contribution in [1.29, 1.82) is 0 Å². The first-order valence-corrected chi connectivity index (χ1v) is 9.01. The van der Waals surface area contributed by atoms with E-state index in [0.29, 0.717) is 24.0 Å². The maximum absolute atomic E-state index is 13.8. The molecule has 2 aromatic rings. The molecule has 0 spiro atoms. The number of fused-ring (bicyclic) bond motifs is 1. The molecule has 0 aliphatic carbocycles. The fourth-order valence-corrected chi connectivity index (χ4v) is 2.91. The topological polar surface area (TPSA) is 70.7 Å². The molecule has 2 N–H and O–H groups in total. The van der Waals surface area contributed by atoms with Crippen molar-refractivity contribution in [2.75, 3.05) is 29.9 Å². The average Bonchev–Trinajstić information content (AvgIpc) is 2.68. The number of nitrogens with zero attached hydrogens (tertiary/aromatic N) is 1. The smallest absolute Gasteiger partial charge is 0.262 e. The zero-order chi connectivity index (χ0) is 20.1. The Labute approximate surface area is 161 Å². The molecule has 148 valence electrons. The number of hydrogen-bond acceptors (Lipinski definition) is 4. The van der Waals surface area contributed by atoms with Gasteiger partial charge >= 0.3 is 0 Å². The summed E-state index contributed by atoms with van der Waals surface area (Å²) in [5.41, 5.74) is 0.557. The molecule has 0 radical (unpaired) electrons. The van der Waals surface area contributed by atoms with Crippen LogP contribution < -0.4 is 20.3 Å². The number of ether oxygens (including phenoxy) is 1. The molecule has 0 saturated heterocycles. The zero-order valence-corrected chi connectivity index (χ0v) is 15.4. The van der Waals surface area contributed by atoms with Gasteiger partial charge in [0.2, 0.25) is 5.91 Å². The molecule has 28 heavy (non-hydrogen) atoms. The Morgan fingerprint density at radius 1 is 1.21 bits per heavy atom. The molecule has 0 aromatic heterocycles. The number of rotatable bonds is 6. The van der Waals surface area contributed by atoms with Crippen molar-refractivity contribution in [1.82, 2.24) is 5.32 Å². The minimum absolute atomic E-state index is 0.106. The van der Waals surface area contributed by atoms with Gasteiger partial charge in [0.25, 0.3) is 5.91 Å². The lowest BCUT2D eigenvalue weighted by Crippen LogP contribution is -2.50. The molecule has 1 aliphatic heterocycles. The van der Waals surface area contributed by atoms with E-state index < -0.39 is 23.6 Å². The van der Waals surface area contributed by atoms with Gasteiger partial charge in [-0.25, -0.2) is 8.78 Å². The summed E-state index contributed by atoms with van der Waals surface area (Å²) in [7, 11) is 0. The first kappa shape index (κ1) is 19.6. The molecule has 2 aromatic carbocycles. The number of carbonyl (C=O) groups excluding carboxylic acids is 2. The van der Waals surface area contributed by atoms with E-state index in [4.69, 9.17) is 4.74 Å². The fourth-order valence-electron chi connectivity index (χ4n) is 2.91. The van der Waals surface area contributed by atoms with Gasteiger partial charge in [0.05, 0.1) is 24.5 Å². The van der Waals surface area contributed by atoms with Gasteiger partial charge in [-0.2, -0.15) is 0 Å². The van der Waals surface area contributed by atoms with Gasteiger partial charge in [-0.1, -0.05) is 19.1 Å². The first-order chi connectivity index (χ1) is 13.5. The number of benzene rings is 2. The number of halogens is 2. The summed E-state index contributed by atoms with van der Waals surface area (Å²) < 4.78 is 32.6. The zero-order valence-electron chi connectivity index (χ0n) is 15.4. The molecule has 1 atom stereocenters. The van der Waals surface area contributed by atoms with E-state index in [1.165, 1.54) is 0 Å². The second kappa shape index (κ2) is 8.69. The number of anilines is 2. The molecule has 1 heterocycles. The molecule has 2 amide bonds. The van der Waals surface area contributed by atoms with E-state index in [1.54, 1.807) is 29.2 Å². The third kappa shape index (κ3) is 4.57. The Bertz CT molecular complexity index is 876. The highest BCUT2D eigenvalue weighted by Crippen LogP contribution is 2.33. The van der Waals surface area contributed by atoms with E-state index >= 15 is 0 Å². The van der Waals surface area contributed by atoms with E-state index in [9.17, 15) is 18.4 Å². The Hall–Kier alpha value is -3.16. The quantitative estimate of drug-likeness (QED) is 0.797. The molecule has 0 saturated carbocycles. The number of hydrogen-bond donors (Lipinski definition) is 2. The van der Waals surface area contributed by atoms with Crippen LogP contribution in [0.4, 0.5) is 20.2 Å². The fraction of sp³-hybridized carbons (Fsp3) is 0.300. The van der Waals surface area contributed by atoms with Crippen LogP contribution in [-0.2, 0) is 9.59 Å². The lowest BCUT2D eigenvalue weighted by atomic mass is 10.1. The van der Waals surface area contributed by atoms with Crippen LogP contribution in [0, 0.1) is 11.6 Å². The third-order valence-electron chi connectivity index (χ3n) is 4.24. The van der Waals surface area contributed by atoms with Crippen LogP contribution in [-0.4, -0.2) is 37.6 Å². The predicted molar refractivity (Wildman–Crippen MR) is 101 cm³/mol. The van der Waals surface area contributed by atoms with E-state index in [2.05, 4.69) is 10.6 Å². The minimum atomic E-state index is -0.854. The molecular formula is C20H21F2N3O3. The summed E-state index contributed by atoms with van der Waals surface area (Å²) in [5, 5.41) is 5.21. The largest absolute Gasteiger partial charge is 0.477 e. The molecule has 8 heteroatoms. The average molecular weight is 389 g/mol.